The van der Waals surface area contributed by atoms with E-state index in [9.17, 15) is 18.0 Å². The van der Waals surface area contributed by atoms with Gasteiger partial charge in [0, 0.05) is 24.9 Å². The minimum atomic E-state index is -3.84. The van der Waals surface area contributed by atoms with Crippen LogP contribution >= 0.6 is 11.6 Å². The Morgan fingerprint density at radius 1 is 0.974 bits per heavy atom. The first-order valence-corrected chi connectivity index (χ1v) is 14.1. The number of likely N-dealkylation sites (tertiary alicyclic amines) is 1. The normalized spacial score (nSPS) is 13.8. The molecule has 11 heteroatoms. The molecule has 0 aromatic heterocycles. The van der Waals surface area contributed by atoms with Gasteiger partial charge in [-0.2, -0.15) is 10.5 Å². The molecule has 0 radical (unpaired) electrons. The molecule has 38 heavy (non-hydrogen) atoms. The highest BCUT2D eigenvalue weighted by Crippen LogP contribution is 2.20. The topological polar surface area (TPSA) is 140 Å². The largest absolute Gasteiger partial charge is 0.444 e. The van der Waals surface area contributed by atoms with Gasteiger partial charge < -0.3 is 9.64 Å². The van der Waals surface area contributed by atoms with Crippen molar-refractivity contribution in [3.63, 3.8) is 0 Å². The van der Waals surface area contributed by atoms with Gasteiger partial charge in [0.15, 0.2) is 0 Å². The van der Waals surface area contributed by atoms with E-state index >= 15 is 0 Å². The molecule has 9 nitrogen and oxygen atoms in total. The minimum absolute atomic E-state index is 0.336. The van der Waals surface area contributed by atoms with Crippen molar-refractivity contribution >= 4 is 33.6 Å². The second-order valence-electron chi connectivity index (χ2n) is 9.72. The Hall–Kier alpha value is -3.60. The van der Waals surface area contributed by atoms with E-state index in [0.717, 1.165) is 5.56 Å². The second-order valence-corrected chi connectivity index (χ2v) is 11.7. The van der Waals surface area contributed by atoms with Crippen molar-refractivity contribution in [2.24, 2.45) is 5.92 Å². The van der Waals surface area contributed by atoms with E-state index in [1.807, 2.05) is 24.3 Å². The number of piperidine rings is 1. The Morgan fingerprint density at radius 3 is 1.87 bits per heavy atom. The maximum atomic E-state index is 12.3. The maximum absolute atomic E-state index is 12.3. The summed E-state index contributed by atoms with van der Waals surface area (Å²) in [6.45, 7) is 6.02. The zero-order valence-electron chi connectivity index (χ0n) is 21.6. The summed E-state index contributed by atoms with van der Waals surface area (Å²) in [6.07, 6.45) is 0.314. The van der Waals surface area contributed by atoms with Crippen molar-refractivity contribution in [2.45, 2.75) is 50.8 Å². The standard InChI is InChI=1S/C19H25N3O5S.C8H6ClN/c1-19(2,3)27-18(24)22-10-8-16(9-11-22)17(23)21-28(25,26)13-15-6-4-14(12-20)5-7-15;9-5-7-1-3-8(6-10)4-2-7/h4-7,16H,8-11,13H2,1-3H3,(H,21,23);1-4H,5H2. The van der Waals surface area contributed by atoms with Gasteiger partial charge in [0.25, 0.3) is 0 Å². The molecular formula is C27H31ClN4O5S. The van der Waals surface area contributed by atoms with Crippen molar-refractivity contribution in [1.29, 1.82) is 10.5 Å². The molecule has 0 unspecified atom stereocenters. The summed E-state index contributed by atoms with van der Waals surface area (Å²) in [4.78, 5) is 25.9. The van der Waals surface area contributed by atoms with Crippen LogP contribution in [0.15, 0.2) is 48.5 Å². The molecule has 3 rings (SSSR count). The second kappa shape index (κ2) is 13.8. The van der Waals surface area contributed by atoms with Crippen molar-refractivity contribution in [2.75, 3.05) is 13.1 Å². The number of halogens is 1. The third-order valence-corrected chi connectivity index (χ3v) is 6.98. The quantitative estimate of drug-likeness (QED) is 0.534. The molecule has 1 heterocycles. The highest BCUT2D eigenvalue weighted by molar-refractivity contribution is 7.89. The SMILES string of the molecule is CC(C)(C)OC(=O)N1CCC(C(=O)NS(=O)(=O)Cc2ccc(C#N)cc2)CC1.N#Cc1ccc(CCl)cc1. The molecule has 1 N–H and O–H groups in total. The molecule has 2 aromatic rings. The molecule has 1 aliphatic heterocycles. The lowest BCUT2D eigenvalue weighted by Crippen LogP contribution is -2.45. The number of carbonyl (C=O) groups is 2. The van der Waals surface area contributed by atoms with Crippen LogP contribution in [-0.2, 0) is 31.2 Å². The van der Waals surface area contributed by atoms with Crippen molar-refractivity contribution < 1.29 is 22.7 Å². The van der Waals surface area contributed by atoms with E-state index in [1.165, 1.54) is 17.0 Å². The fourth-order valence-corrected chi connectivity index (χ4v) is 4.84. The number of ether oxygens (including phenoxy) is 1. The van der Waals surface area contributed by atoms with Crippen LogP contribution in [-0.4, -0.2) is 44.0 Å². The van der Waals surface area contributed by atoms with Gasteiger partial charge in [-0.1, -0.05) is 24.3 Å². The molecule has 2 aromatic carbocycles. The van der Waals surface area contributed by atoms with Crippen LogP contribution < -0.4 is 4.72 Å². The van der Waals surface area contributed by atoms with E-state index in [-0.39, 0.29) is 5.75 Å². The van der Waals surface area contributed by atoms with Crippen LogP contribution in [0.5, 0.6) is 0 Å². The average molecular weight is 559 g/mol. The molecule has 0 spiro atoms. The fourth-order valence-electron chi connectivity index (χ4n) is 3.49. The number of nitriles is 2. The van der Waals surface area contributed by atoms with E-state index in [0.29, 0.717) is 48.5 Å². The summed E-state index contributed by atoms with van der Waals surface area (Å²) in [5.41, 5.74) is 2.04. The molecular weight excluding hydrogens is 528 g/mol. The fraction of sp³-hybridized carbons (Fsp3) is 0.407. The smallest absolute Gasteiger partial charge is 0.410 e. The van der Waals surface area contributed by atoms with E-state index in [4.69, 9.17) is 26.9 Å². The van der Waals surface area contributed by atoms with Gasteiger partial charge >= 0.3 is 6.09 Å². The predicted octanol–water partition coefficient (Wildman–Crippen LogP) is 4.45. The molecule has 0 atom stereocenters. The third-order valence-electron chi connectivity index (χ3n) is 5.45. The number of carbonyl (C=O) groups excluding carboxylic acids is 2. The van der Waals surface area contributed by atoms with Gasteiger partial charge in [0.2, 0.25) is 15.9 Å². The third kappa shape index (κ3) is 10.4. The lowest BCUT2D eigenvalue weighted by atomic mass is 9.97. The number of nitrogens with zero attached hydrogens (tertiary/aromatic N) is 3. The Labute approximate surface area is 229 Å². The average Bonchev–Trinajstić information content (AvgIpc) is 2.88. The number of nitrogens with one attached hydrogen (secondary N) is 1. The minimum Gasteiger partial charge on any atom is -0.444 e. The number of benzene rings is 2. The van der Waals surface area contributed by atoms with Crippen LogP contribution in [0.25, 0.3) is 0 Å². The van der Waals surface area contributed by atoms with Crippen molar-refractivity contribution in [3.8, 4) is 12.1 Å². The van der Waals surface area contributed by atoms with E-state index < -0.39 is 33.5 Å². The Bertz CT molecular complexity index is 1280. The van der Waals surface area contributed by atoms with Gasteiger partial charge in [-0.05, 0) is 69.0 Å². The number of rotatable bonds is 5. The first kappa shape index (κ1) is 30.6. The number of hydrogen-bond donors (Lipinski definition) is 1. The zero-order chi connectivity index (χ0) is 28.3. The summed E-state index contributed by atoms with van der Waals surface area (Å²) >= 11 is 5.54. The predicted molar refractivity (Wildman–Crippen MR) is 143 cm³/mol. The van der Waals surface area contributed by atoms with E-state index in [1.54, 1.807) is 45.0 Å². The van der Waals surface area contributed by atoms with Gasteiger partial charge in [-0.25, -0.2) is 13.2 Å². The van der Waals surface area contributed by atoms with Crippen molar-refractivity contribution in [1.82, 2.24) is 9.62 Å². The van der Waals surface area contributed by atoms with Crippen LogP contribution in [0.4, 0.5) is 4.79 Å². The van der Waals surface area contributed by atoms with Crippen LogP contribution in [0.3, 0.4) is 0 Å². The monoisotopic (exact) mass is 558 g/mol. The summed E-state index contributed by atoms with van der Waals surface area (Å²) < 4.78 is 31.9. The first-order chi connectivity index (χ1) is 17.9. The lowest BCUT2D eigenvalue weighted by molar-refractivity contribution is -0.124. The molecule has 0 aliphatic carbocycles. The van der Waals surface area contributed by atoms with Gasteiger partial charge in [-0.3, -0.25) is 9.52 Å². The summed E-state index contributed by atoms with van der Waals surface area (Å²) in [5.74, 6) is -0.876. The highest BCUT2D eigenvalue weighted by atomic mass is 35.5. The van der Waals surface area contributed by atoms with Crippen LogP contribution in [0.2, 0.25) is 0 Å². The number of alkyl halides is 1. The summed E-state index contributed by atoms with van der Waals surface area (Å²) in [7, 11) is -3.84. The molecule has 202 valence electrons. The summed E-state index contributed by atoms with van der Waals surface area (Å²) in [6, 6.07) is 17.4. The Kier molecular flexibility index (Phi) is 11.1. The molecule has 0 saturated carbocycles. The molecule has 1 fully saturated rings. The van der Waals surface area contributed by atoms with Gasteiger partial charge in [-0.15, -0.1) is 11.6 Å². The summed E-state index contributed by atoms with van der Waals surface area (Å²) in [5, 5.41) is 17.2. The number of amides is 2. The number of sulfonamides is 1. The molecule has 2 amide bonds. The molecule has 1 saturated heterocycles. The van der Waals surface area contributed by atoms with Crippen LogP contribution in [0, 0.1) is 28.6 Å². The maximum Gasteiger partial charge on any atom is 0.410 e. The van der Waals surface area contributed by atoms with Crippen molar-refractivity contribution in [3.05, 3.63) is 70.8 Å². The number of hydrogen-bond acceptors (Lipinski definition) is 7. The first-order valence-electron chi connectivity index (χ1n) is 11.9. The molecule has 1 aliphatic rings. The zero-order valence-corrected chi connectivity index (χ0v) is 23.2. The van der Waals surface area contributed by atoms with Gasteiger partial charge in [0.1, 0.15) is 5.60 Å². The Balaban J connectivity index is 0.000000423. The lowest BCUT2D eigenvalue weighted by Gasteiger charge is -2.32. The van der Waals surface area contributed by atoms with Crippen LogP contribution in [0.1, 0.15) is 55.9 Å². The highest BCUT2D eigenvalue weighted by Gasteiger charge is 2.31. The molecule has 0 bridgehead atoms. The van der Waals surface area contributed by atoms with Gasteiger partial charge in [0.05, 0.1) is 29.0 Å². The van der Waals surface area contributed by atoms with E-state index in [2.05, 4.69) is 4.72 Å². The Morgan fingerprint density at radius 2 is 1.45 bits per heavy atom.